The molecule has 0 aromatic heterocycles. The molecule has 116 valence electrons. The van der Waals surface area contributed by atoms with E-state index in [-0.39, 0.29) is 29.2 Å². The molecule has 6 heteroatoms. The van der Waals surface area contributed by atoms with E-state index in [9.17, 15) is 9.18 Å². The molecule has 1 fully saturated rings. The van der Waals surface area contributed by atoms with Crippen molar-refractivity contribution in [1.82, 2.24) is 4.90 Å². The lowest BCUT2D eigenvalue weighted by Crippen LogP contribution is -2.41. The number of halogens is 2. The van der Waals surface area contributed by atoms with Gasteiger partial charge in [0.2, 0.25) is 0 Å². The molecule has 2 rings (SSSR count). The maximum atomic E-state index is 13.4. The Morgan fingerprint density at radius 3 is 2.81 bits per heavy atom. The Bertz CT molecular complexity index is 490. The van der Waals surface area contributed by atoms with E-state index in [0.29, 0.717) is 26.1 Å². The van der Waals surface area contributed by atoms with Crippen LogP contribution in [0, 0.1) is 5.82 Å². The maximum Gasteiger partial charge on any atom is 0.255 e. The highest BCUT2D eigenvalue weighted by molar-refractivity contribution is 6.34. The predicted octanol–water partition coefficient (Wildman–Crippen LogP) is 2.48. The van der Waals surface area contributed by atoms with Gasteiger partial charge in [0, 0.05) is 26.3 Å². The molecule has 0 spiro atoms. The number of ether oxygens (including phenoxy) is 1. The Kier molecular flexibility index (Phi) is 5.96. The fourth-order valence-electron chi connectivity index (χ4n) is 2.38. The number of hydrogen-bond donors (Lipinski definition) is 1. The fourth-order valence-corrected chi connectivity index (χ4v) is 2.59. The van der Waals surface area contributed by atoms with Crippen LogP contribution in [0.1, 0.15) is 29.6 Å². The standard InChI is InChI=1S/C15H19ClFNO3/c16-14-12(3-1-4-13(14)17)15(20)18-7-5-11(6-8-18)21-10-2-9-19/h1,3-4,11,19H,2,5-10H2. The summed E-state index contributed by atoms with van der Waals surface area (Å²) < 4.78 is 19.0. The number of aliphatic hydroxyl groups excluding tert-OH is 1. The SMILES string of the molecule is O=C(c1cccc(F)c1Cl)N1CCC(OCCCO)CC1. The van der Waals surface area contributed by atoms with Gasteiger partial charge in [0.1, 0.15) is 5.82 Å². The van der Waals surface area contributed by atoms with Crippen LogP contribution in [-0.2, 0) is 4.74 Å². The number of carbonyl (C=O) groups excluding carboxylic acids is 1. The van der Waals surface area contributed by atoms with Crippen molar-refractivity contribution in [1.29, 1.82) is 0 Å². The first-order valence-electron chi connectivity index (χ1n) is 7.09. The van der Waals surface area contributed by atoms with Crippen LogP contribution < -0.4 is 0 Å². The first-order valence-corrected chi connectivity index (χ1v) is 7.47. The van der Waals surface area contributed by atoms with Crippen molar-refractivity contribution in [3.8, 4) is 0 Å². The predicted molar refractivity (Wildman–Crippen MR) is 78.0 cm³/mol. The van der Waals surface area contributed by atoms with Crippen molar-refractivity contribution in [2.45, 2.75) is 25.4 Å². The van der Waals surface area contributed by atoms with Gasteiger partial charge in [-0.25, -0.2) is 4.39 Å². The molecule has 1 aliphatic heterocycles. The van der Waals surface area contributed by atoms with E-state index < -0.39 is 5.82 Å². The number of likely N-dealkylation sites (tertiary alicyclic amines) is 1. The van der Waals surface area contributed by atoms with Gasteiger partial charge in [-0.15, -0.1) is 0 Å². The van der Waals surface area contributed by atoms with Gasteiger partial charge in [-0.3, -0.25) is 4.79 Å². The summed E-state index contributed by atoms with van der Waals surface area (Å²) in [4.78, 5) is 14.0. The lowest BCUT2D eigenvalue weighted by molar-refractivity contribution is 0.00397. The van der Waals surface area contributed by atoms with Crippen LogP contribution in [0.3, 0.4) is 0 Å². The maximum absolute atomic E-state index is 13.4. The topological polar surface area (TPSA) is 49.8 Å². The van der Waals surface area contributed by atoms with E-state index in [1.165, 1.54) is 18.2 Å². The van der Waals surface area contributed by atoms with Gasteiger partial charge in [-0.2, -0.15) is 0 Å². The van der Waals surface area contributed by atoms with Crippen LogP contribution in [0.4, 0.5) is 4.39 Å². The number of hydrogen-bond acceptors (Lipinski definition) is 3. The minimum atomic E-state index is -0.579. The van der Waals surface area contributed by atoms with Crippen molar-refractivity contribution in [2.24, 2.45) is 0 Å². The molecule has 1 aromatic carbocycles. The van der Waals surface area contributed by atoms with Gasteiger partial charge >= 0.3 is 0 Å². The molecular formula is C15H19ClFNO3. The largest absolute Gasteiger partial charge is 0.396 e. The summed E-state index contributed by atoms with van der Waals surface area (Å²) in [6.45, 7) is 1.78. The first-order chi connectivity index (χ1) is 10.1. The van der Waals surface area contributed by atoms with Crippen molar-refractivity contribution in [3.05, 3.63) is 34.6 Å². The van der Waals surface area contributed by atoms with Crippen LogP contribution in [-0.4, -0.2) is 48.3 Å². The second kappa shape index (κ2) is 7.73. The van der Waals surface area contributed by atoms with Crippen LogP contribution in [0.25, 0.3) is 0 Å². The minimum Gasteiger partial charge on any atom is -0.396 e. The van der Waals surface area contributed by atoms with Crippen molar-refractivity contribution >= 4 is 17.5 Å². The normalized spacial score (nSPS) is 16.2. The number of piperidine rings is 1. The van der Waals surface area contributed by atoms with Crippen molar-refractivity contribution in [2.75, 3.05) is 26.3 Å². The van der Waals surface area contributed by atoms with E-state index in [0.717, 1.165) is 12.8 Å². The first kappa shape index (κ1) is 16.2. The number of carbonyl (C=O) groups is 1. The summed E-state index contributed by atoms with van der Waals surface area (Å²) >= 11 is 5.85. The highest BCUT2D eigenvalue weighted by atomic mass is 35.5. The Labute approximate surface area is 128 Å². The van der Waals surface area contributed by atoms with Gasteiger partial charge in [0.25, 0.3) is 5.91 Å². The van der Waals surface area contributed by atoms with Crippen molar-refractivity contribution < 1.29 is 19.0 Å². The fraction of sp³-hybridized carbons (Fsp3) is 0.533. The Hall–Kier alpha value is -1.17. The van der Waals surface area contributed by atoms with Gasteiger partial charge in [0.05, 0.1) is 16.7 Å². The zero-order valence-corrected chi connectivity index (χ0v) is 12.5. The van der Waals surface area contributed by atoms with E-state index in [1.54, 1.807) is 4.90 Å². The molecule has 1 aromatic rings. The second-order valence-corrected chi connectivity index (χ2v) is 5.42. The molecular weight excluding hydrogens is 297 g/mol. The number of nitrogens with zero attached hydrogens (tertiary/aromatic N) is 1. The molecule has 0 radical (unpaired) electrons. The molecule has 1 N–H and O–H groups in total. The van der Waals surface area contributed by atoms with E-state index in [1.807, 2.05) is 0 Å². The smallest absolute Gasteiger partial charge is 0.255 e. The number of aliphatic hydroxyl groups is 1. The molecule has 0 bridgehead atoms. The summed E-state index contributed by atoms with van der Waals surface area (Å²) in [6.07, 6.45) is 2.22. The second-order valence-electron chi connectivity index (χ2n) is 5.04. The summed E-state index contributed by atoms with van der Waals surface area (Å²) in [7, 11) is 0. The highest BCUT2D eigenvalue weighted by Crippen LogP contribution is 2.23. The molecule has 21 heavy (non-hydrogen) atoms. The Morgan fingerprint density at radius 2 is 2.14 bits per heavy atom. The molecule has 0 unspecified atom stereocenters. The molecule has 0 atom stereocenters. The van der Waals surface area contributed by atoms with E-state index >= 15 is 0 Å². The Balaban J connectivity index is 1.90. The molecule has 1 aliphatic rings. The molecule has 0 aliphatic carbocycles. The van der Waals surface area contributed by atoms with E-state index in [2.05, 4.69) is 0 Å². The monoisotopic (exact) mass is 315 g/mol. The number of amides is 1. The number of rotatable bonds is 5. The van der Waals surface area contributed by atoms with Gasteiger partial charge < -0.3 is 14.7 Å². The summed E-state index contributed by atoms with van der Waals surface area (Å²) in [6, 6.07) is 4.26. The summed E-state index contributed by atoms with van der Waals surface area (Å²) in [5.41, 5.74) is 0.205. The molecule has 4 nitrogen and oxygen atoms in total. The average molecular weight is 316 g/mol. The number of benzene rings is 1. The third-order valence-corrected chi connectivity index (χ3v) is 3.95. The molecule has 1 amide bonds. The van der Waals surface area contributed by atoms with Crippen LogP contribution in [0.15, 0.2) is 18.2 Å². The lowest BCUT2D eigenvalue weighted by Gasteiger charge is -2.32. The lowest BCUT2D eigenvalue weighted by atomic mass is 10.1. The van der Waals surface area contributed by atoms with Gasteiger partial charge in [-0.1, -0.05) is 17.7 Å². The summed E-state index contributed by atoms with van der Waals surface area (Å²) in [5.74, 6) is -0.821. The average Bonchev–Trinajstić information content (AvgIpc) is 2.50. The van der Waals surface area contributed by atoms with Crippen LogP contribution >= 0.6 is 11.6 Å². The third-order valence-electron chi connectivity index (χ3n) is 3.57. The highest BCUT2D eigenvalue weighted by Gasteiger charge is 2.25. The zero-order valence-electron chi connectivity index (χ0n) is 11.7. The molecule has 0 saturated carbocycles. The minimum absolute atomic E-state index is 0.114. The van der Waals surface area contributed by atoms with Crippen LogP contribution in [0.2, 0.25) is 5.02 Å². The van der Waals surface area contributed by atoms with E-state index in [4.69, 9.17) is 21.4 Å². The van der Waals surface area contributed by atoms with Gasteiger partial charge in [0.15, 0.2) is 0 Å². The van der Waals surface area contributed by atoms with Crippen molar-refractivity contribution in [3.63, 3.8) is 0 Å². The van der Waals surface area contributed by atoms with Crippen LogP contribution in [0.5, 0.6) is 0 Å². The summed E-state index contributed by atoms with van der Waals surface area (Å²) in [5, 5.41) is 8.59. The van der Waals surface area contributed by atoms with Gasteiger partial charge in [-0.05, 0) is 31.4 Å². The quantitative estimate of drug-likeness (QED) is 0.849. The zero-order chi connectivity index (χ0) is 15.2. The Morgan fingerprint density at radius 1 is 1.43 bits per heavy atom. The third kappa shape index (κ3) is 4.15. The molecule has 1 heterocycles. The molecule has 1 saturated heterocycles.